The highest BCUT2D eigenvalue weighted by Gasteiger charge is 2.40. The van der Waals surface area contributed by atoms with Crippen molar-refractivity contribution in [3.63, 3.8) is 0 Å². The third-order valence-corrected chi connectivity index (χ3v) is 6.34. The van der Waals surface area contributed by atoms with Crippen molar-refractivity contribution in [2.45, 2.75) is 29.3 Å². The smallest absolute Gasteiger partial charge is 0.175 e. The average Bonchev–Trinajstić information content (AvgIpc) is 2.68. The van der Waals surface area contributed by atoms with Gasteiger partial charge in [0.25, 0.3) is 0 Å². The summed E-state index contributed by atoms with van der Waals surface area (Å²) in [5, 5.41) is 14.7. The second kappa shape index (κ2) is 8.39. The first kappa shape index (κ1) is 20.5. The average molecular weight is 400 g/mol. The van der Waals surface area contributed by atoms with E-state index >= 15 is 0 Å². The van der Waals surface area contributed by atoms with Crippen LogP contribution in [0.1, 0.15) is 29.9 Å². The Kier molecular flexibility index (Phi) is 6.13. The van der Waals surface area contributed by atoms with E-state index in [9.17, 15) is 18.3 Å². The lowest BCUT2D eigenvalue weighted by atomic mass is 9.72. The molecule has 0 aliphatic carbocycles. The predicted octanol–water partition coefficient (Wildman–Crippen LogP) is 2.57. The number of hydrogen-bond acceptors (Lipinski definition) is 5. The number of nitrogens with one attached hydrogen (secondary N) is 1. The summed E-state index contributed by atoms with van der Waals surface area (Å²) in [6.07, 6.45) is 4.66. The van der Waals surface area contributed by atoms with Gasteiger partial charge in [0.05, 0.1) is 10.5 Å². The number of carbonyl (C=O) groups excluding carboxylic acids is 1. The predicted molar refractivity (Wildman–Crippen MR) is 110 cm³/mol. The highest BCUT2D eigenvalue weighted by molar-refractivity contribution is 7.90. The van der Waals surface area contributed by atoms with Crippen LogP contribution in [0.3, 0.4) is 0 Å². The summed E-state index contributed by atoms with van der Waals surface area (Å²) < 4.78 is 23.7. The summed E-state index contributed by atoms with van der Waals surface area (Å²) in [6, 6.07) is 16.0. The van der Waals surface area contributed by atoms with E-state index in [1.165, 1.54) is 6.07 Å². The van der Waals surface area contributed by atoms with E-state index in [0.29, 0.717) is 37.1 Å². The second-order valence-electron chi connectivity index (χ2n) is 7.30. The van der Waals surface area contributed by atoms with Gasteiger partial charge in [-0.15, -0.1) is 0 Å². The van der Waals surface area contributed by atoms with Crippen LogP contribution in [-0.2, 0) is 14.6 Å². The third-order valence-electron chi connectivity index (χ3n) is 5.23. The van der Waals surface area contributed by atoms with Gasteiger partial charge in [0.2, 0.25) is 0 Å². The molecule has 2 aromatic carbocycles. The number of benzene rings is 2. The fourth-order valence-electron chi connectivity index (χ4n) is 3.82. The molecule has 2 aromatic rings. The number of hydrogen-bond donors (Lipinski definition) is 2. The minimum Gasteiger partial charge on any atom is -0.389 e. The molecule has 1 atom stereocenters. The fourth-order valence-corrected chi connectivity index (χ4v) is 4.50. The summed E-state index contributed by atoms with van der Waals surface area (Å²) in [7, 11) is -3.35. The van der Waals surface area contributed by atoms with Crippen LogP contribution in [-0.4, -0.2) is 44.8 Å². The van der Waals surface area contributed by atoms with E-state index in [-0.39, 0.29) is 4.90 Å². The van der Waals surface area contributed by atoms with Crippen LogP contribution in [0.15, 0.2) is 65.1 Å². The molecule has 0 bridgehead atoms. The molecule has 148 valence electrons. The molecule has 5 nitrogen and oxygen atoms in total. The number of aliphatic hydroxyl groups is 1. The molecule has 6 heteroatoms. The summed E-state index contributed by atoms with van der Waals surface area (Å²) in [5.74, 6) is -0.491. The van der Waals surface area contributed by atoms with Gasteiger partial charge < -0.3 is 10.4 Å². The molecule has 3 rings (SSSR count). The lowest BCUT2D eigenvalue weighted by Crippen LogP contribution is -2.46. The van der Waals surface area contributed by atoms with E-state index in [2.05, 4.69) is 5.32 Å². The topological polar surface area (TPSA) is 83.5 Å². The zero-order chi connectivity index (χ0) is 20.2. The van der Waals surface area contributed by atoms with Crippen LogP contribution in [0.25, 0.3) is 6.08 Å². The molecule has 1 fully saturated rings. The van der Waals surface area contributed by atoms with Crippen LogP contribution in [0, 0.1) is 0 Å². The third kappa shape index (κ3) is 4.58. The van der Waals surface area contributed by atoms with Gasteiger partial charge in [-0.3, -0.25) is 4.79 Å². The standard InChI is InChI=1S/C22H25NO4S/c1-28(26,27)20-9-5-6-17(15-20)14-19(16-24)21(18-7-3-2-4-8-18)22(25)10-12-23-13-11-22/h2-9,14-16,21,23,25H,10-13H2,1H3/b19-14+. The molecule has 0 aromatic heterocycles. The van der Waals surface area contributed by atoms with Gasteiger partial charge >= 0.3 is 0 Å². The Labute approximate surface area is 166 Å². The van der Waals surface area contributed by atoms with Crippen molar-refractivity contribution in [2.75, 3.05) is 19.3 Å². The maximum atomic E-state index is 12.1. The molecular weight excluding hydrogens is 374 g/mol. The second-order valence-corrected chi connectivity index (χ2v) is 9.32. The van der Waals surface area contributed by atoms with Crippen molar-refractivity contribution in [2.24, 2.45) is 0 Å². The lowest BCUT2D eigenvalue weighted by Gasteiger charge is -2.40. The van der Waals surface area contributed by atoms with Gasteiger partial charge in [0.1, 0.15) is 6.29 Å². The fraction of sp³-hybridized carbons (Fsp3) is 0.318. The molecule has 1 aliphatic heterocycles. The van der Waals surface area contributed by atoms with Crippen LogP contribution in [0.4, 0.5) is 0 Å². The quantitative estimate of drug-likeness (QED) is 0.576. The first-order chi connectivity index (χ1) is 13.3. The van der Waals surface area contributed by atoms with Crippen molar-refractivity contribution in [1.29, 1.82) is 0 Å². The molecule has 1 saturated heterocycles. The monoisotopic (exact) mass is 399 g/mol. The van der Waals surface area contributed by atoms with Gasteiger partial charge in [-0.1, -0.05) is 42.5 Å². The Morgan fingerprint density at radius 2 is 1.79 bits per heavy atom. The van der Waals surface area contributed by atoms with E-state index in [1.54, 1.807) is 24.3 Å². The van der Waals surface area contributed by atoms with Gasteiger partial charge in [-0.2, -0.15) is 0 Å². The Bertz CT molecular complexity index is 961. The summed E-state index contributed by atoms with van der Waals surface area (Å²) >= 11 is 0. The van der Waals surface area contributed by atoms with Crippen LogP contribution in [0.2, 0.25) is 0 Å². The minimum atomic E-state index is -3.35. The van der Waals surface area contributed by atoms with E-state index in [0.717, 1.165) is 18.1 Å². The Hall–Kier alpha value is -2.28. The van der Waals surface area contributed by atoms with E-state index < -0.39 is 21.4 Å². The number of piperidine rings is 1. The SMILES string of the molecule is CS(=O)(=O)c1cccc(/C=C(\C=O)C(c2ccccc2)C2(O)CCNCC2)c1. The zero-order valence-electron chi connectivity index (χ0n) is 15.8. The molecule has 2 N–H and O–H groups in total. The number of carbonyl (C=O) groups is 1. The number of sulfone groups is 1. The lowest BCUT2D eigenvalue weighted by molar-refractivity contribution is -0.106. The summed E-state index contributed by atoms with van der Waals surface area (Å²) in [5.41, 5.74) is 0.864. The summed E-state index contributed by atoms with van der Waals surface area (Å²) in [6.45, 7) is 1.35. The molecule has 0 spiro atoms. The van der Waals surface area contributed by atoms with Crippen LogP contribution < -0.4 is 5.32 Å². The highest BCUT2D eigenvalue weighted by atomic mass is 32.2. The Morgan fingerprint density at radius 1 is 1.11 bits per heavy atom. The molecule has 1 aliphatic rings. The highest BCUT2D eigenvalue weighted by Crippen LogP contribution is 2.40. The molecule has 0 radical (unpaired) electrons. The molecule has 0 amide bonds. The van der Waals surface area contributed by atoms with Crippen LogP contribution >= 0.6 is 0 Å². The van der Waals surface area contributed by atoms with Gasteiger partial charge in [0.15, 0.2) is 9.84 Å². The van der Waals surface area contributed by atoms with Crippen LogP contribution in [0.5, 0.6) is 0 Å². The molecular formula is C22H25NO4S. The number of aldehydes is 1. The molecule has 0 saturated carbocycles. The van der Waals surface area contributed by atoms with Gasteiger partial charge in [-0.05, 0) is 55.3 Å². The minimum absolute atomic E-state index is 0.198. The maximum absolute atomic E-state index is 12.1. The Morgan fingerprint density at radius 3 is 2.39 bits per heavy atom. The first-order valence-corrected chi connectivity index (χ1v) is 11.2. The van der Waals surface area contributed by atoms with E-state index in [1.807, 2.05) is 30.3 Å². The summed E-state index contributed by atoms with van der Waals surface area (Å²) in [4.78, 5) is 12.3. The molecule has 1 unspecified atom stereocenters. The molecule has 28 heavy (non-hydrogen) atoms. The van der Waals surface area contributed by atoms with Crippen molar-refractivity contribution >= 4 is 22.2 Å². The van der Waals surface area contributed by atoms with Gasteiger partial charge in [0, 0.05) is 17.7 Å². The Balaban J connectivity index is 2.09. The van der Waals surface area contributed by atoms with Crippen molar-refractivity contribution in [1.82, 2.24) is 5.32 Å². The van der Waals surface area contributed by atoms with Crippen molar-refractivity contribution < 1.29 is 18.3 Å². The first-order valence-electron chi connectivity index (χ1n) is 9.28. The van der Waals surface area contributed by atoms with Gasteiger partial charge in [-0.25, -0.2) is 8.42 Å². The van der Waals surface area contributed by atoms with Crippen molar-refractivity contribution in [3.8, 4) is 0 Å². The maximum Gasteiger partial charge on any atom is 0.175 e. The molecule has 1 heterocycles. The largest absolute Gasteiger partial charge is 0.389 e. The van der Waals surface area contributed by atoms with E-state index in [4.69, 9.17) is 0 Å². The zero-order valence-corrected chi connectivity index (χ0v) is 16.7. The normalized spacial score (nSPS) is 18.4. The van der Waals surface area contributed by atoms with Crippen molar-refractivity contribution in [3.05, 3.63) is 71.3 Å². The number of rotatable bonds is 6.